The molecular formula is C18H23N5O5S. The van der Waals surface area contributed by atoms with E-state index >= 15 is 0 Å². The standard InChI is InChI=1S/C18H23N5O5S/c1-5-11-19-13(28-22-11)9-23(3)8-12-20-16(24)14-10(2)15(29-17(14)21-12)18(25)27-7-6-26-4/h5-9H2,1-4H3,(H,20,21,24). The molecule has 3 heterocycles. The molecule has 3 aromatic rings. The summed E-state index contributed by atoms with van der Waals surface area (Å²) in [5.41, 5.74) is 0.285. The zero-order chi connectivity index (χ0) is 21.0. The summed E-state index contributed by atoms with van der Waals surface area (Å²) in [6.07, 6.45) is 0.701. The molecule has 11 heteroatoms. The summed E-state index contributed by atoms with van der Waals surface area (Å²) in [5.74, 6) is 1.16. The van der Waals surface area contributed by atoms with Crippen molar-refractivity contribution in [2.24, 2.45) is 0 Å². The lowest BCUT2D eigenvalue weighted by atomic mass is 10.2. The summed E-state index contributed by atoms with van der Waals surface area (Å²) in [6, 6.07) is 0. The first-order valence-electron chi connectivity index (χ1n) is 9.11. The number of carbonyl (C=O) groups excluding carboxylic acids is 1. The Kier molecular flexibility index (Phi) is 6.72. The third-order valence-corrected chi connectivity index (χ3v) is 5.37. The summed E-state index contributed by atoms with van der Waals surface area (Å²) in [4.78, 5) is 39.2. The lowest BCUT2D eigenvalue weighted by molar-refractivity contribution is 0.0393. The maximum Gasteiger partial charge on any atom is 0.348 e. The number of aromatic nitrogens is 4. The highest BCUT2D eigenvalue weighted by Crippen LogP contribution is 2.27. The average molecular weight is 421 g/mol. The van der Waals surface area contributed by atoms with Crippen LogP contribution >= 0.6 is 11.3 Å². The Morgan fingerprint density at radius 2 is 2.07 bits per heavy atom. The van der Waals surface area contributed by atoms with E-state index in [1.807, 2.05) is 18.9 Å². The Bertz CT molecular complexity index is 1060. The zero-order valence-corrected chi connectivity index (χ0v) is 17.6. The lowest BCUT2D eigenvalue weighted by Crippen LogP contribution is -2.22. The Labute approximate surface area is 170 Å². The molecule has 156 valence electrons. The van der Waals surface area contributed by atoms with Gasteiger partial charge < -0.3 is 19.0 Å². The third kappa shape index (κ3) is 4.86. The number of ether oxygens (including phenoxy) is 2. The molecule has 0 atom stereocenters. The predicted molar refractivity (Wildman–Crippen MR) is 106 cm³/mol. The van der Waals surface area contributed by atoms with Gasteiger partial charge in [-0.3, -0.25) is 9.69 Å². The van der Waals surface area contributed by atoms with Crippen LogP contribution in [-0.2, 0) is 29.0 Å². The Morgan fingerprint density at radius 1 is 1.28 bits per heavy atom. The van der Waals surface area contributed by atoms with Crippen molar-refractivity contribution in [3.05, 3.63) is 38.3 Å². The number of aryl methyl sites for hydroxylation is 2. The van der Waals surface area contributed by atoms with E-state index in [0.717, 1.165) is 11.3 Å². The minimum Gasteiger partial charge on any atom is -0.459 e. The van der Waals surface area contributed by atoms with Crippen molar-refractivity contribution in [1.29, 1.82) is 0 Å². The average Bonchev–Trinajstić information content (AvgIpc) is 3.26. The number of methoxy groups -OCH3 is 1. The van der Waals surface area contributed by atoms with Crippen LogP contribution in [0.5, 0.6) is 0 Å². The quantitative estimate of drug-likeness (QED) is 0.406. The highest BCUT2D eigenvalue weighted by Gasteiger charge is 2.21. The van der Waals surface area contributed by atoms with E-state index in [-0.39, 0.29) is 12.2 Å². The smallest absolute Gasteiger partial charge is 0.348 e. The van der Waals surface area contributed by atoms with Crippen molar-refractivity contribution in [1.82, 2.24) is 25.0 Å². The van der Waals surface area contributed by atoms with Crippen molar-refractivity contribution in [2.75, 3.05) is 27.4 Å². The van der Waals surface area contributed by atoms with Crippen LogP contribution < -0.4 is 5.56 Å². The van der Waals surface area contributed by atoms with E-state index in [1.54, 1.807) is 6.92 Å². The van der Waals surface area contributed by atoms with Gasteiger partial charge in [-0.2, -0.15) is 4.98 Å². The zero-order valence-electron chi connectivity index (χ0n) is 16.8. The fourth-order valence-electron chi connectivity index (χ4n) is 2.78. The van der Waals surface area contributed by atoms with Gasteiger partial charge >= 0.3 is 5.97 Å². The van der Waals surface area contributed by atoms with Gasteiger partial charge in [-0.15, -0.1) is 11.3 Å². The first-order valence-corrected chi connectivity index (χ1v) is 9.92. The predicted octanol–water partition coefficient (Wildman–Crippen LogP) is 1.67. The summed E-state index contributed by atoms with van der Waals surface area (Å²) in [5, 5.41) is 4.28. The number of hydrogen-bond donors (Lipinski definition) is 1. The highest BCUT2D eigenvalue weighted by molar-refractivity contribution is 7.20. The number of aromatic amines is 1. The van der Waals surface area contributed by atoms with Crippen molar-refractivity contribution in [3.63, 3.8) is 0 Å². The van der Waals surface area contributed by atoms with Crippen molar-refractivity contribution >= 4 is 27.5 Å². The number of H-pyrrole nitrogens is 1. The molecule has 0 aromatic carbocycles. The summed E-state index contributed by atoms with van der Waals surface area (Å²) >= 11 is 1.15. The largest absolute Gasteiger partial charge is 0.459 e. The number of hydrogen-bond acceptors (Lipinski definition) is 10. The topological polar surface area (TPSA) is 123 Å². The second-order valence-corrected chi connectivity index (χ2v) is 7.51. The molecule has 0 amide bonds. The van der Waals surface area contributed by atoms with Gasteiger partial charge in [-0.05, 0) is 19.5 Å². The Balaban J connectivity index is 1.77. The monoisotopic (exact) mass is 421 g/mol. The molecular weight excluding hydrogens is 398 g/mol. The fourth-order valence-corrected chi connectivity index (χ4v) is 3.88. The molecule has 0 unspecified atom stereocenters. The highest BCUT2D eigenvalue weighted by atomic mass is 32.1. The molecule has 3 aromatic heterocycles. The number of nitrogens with one attached hydrogen (secondary N) is 1. The number of carbonyl (C=O) groups is 1. The van der Waals surface area contributed by atoms with Crippen LogP contribution in [0.1, 0.15) is 39.7 Å². The summed E-state index contributed by atoms with van der Waals surface area (Å²) < 4.78 is 15.2. The number of thiophene rings is 1. The van der Waals surface area contributed by atoms with Gasteiger partial charge in [0.2, 0.25) is 5.89 Å². The second kappa shape index (κ2) is 9.25. The van der Waals surface area contributed by atoms with Crippen LogP contribution in [0.2, 0.25) is 0 Å². The van der Waals surface area contributed by atoms with E-state index in [0.29, 0.717) is 64.3 Å². The SMILES string of the molecule is CCc1noc(CN(C)Cc2nc3sc(C(=O)OCCOC)c(C)c3c(=O)[nH]2)n1. The third-order valence-electron chi connectivity index (χ3n) is 4.21. The molecule has 0 spiro atoms. The van der Waals surface area contributed by atoms with Crippen molar-refractivity contribution in [2.45, 2.75) is 33.4 Å². The molecule has 3 rings (SSSR count). The van der Waals surface area contributed by atoms with Crippen molar-refractivity contribution < 1.29 is 18.8 Å². The Morgan fingerprint density at radius 3 is 2.76 bits per heavy atom. The normalized spacial score (nSPS) is 11.5. The number of esters is 1. The number of fused-ring (bicyclic) bond motifs is 1. The van der Waals surface area contributed by atoms with Crippen LogP contribution in [-0.4, -0.2) is 58.3 Å². The molecule has 1 N–H and O–H groups in total. The summed E-state index contributed by atoms with van der Waals surface area (Å²) in [6.45, 7) is 4.93. The number of rotatable bonds is 9. The van der Waals surface area contributed by atoms with E-state index in [1.165, 1.54) is 7.11 Å². The minimum atomic E-state index is -0.483. The molecule has 0 aliphatic heterocycles. The second-order valence-electron chi connectivity index (χ2n) is 6.51. The van der Waals surface area contributed by atoms with Gasteiger partial charge in [-0.1, -0.05) is 12.1 Å². The first-order chi connectivity index (χ1) is 13.9. The van der Waals surface area contributed by atoms with E-state index in [9.17, 15) is 9.59 Å². The van der Waals surface area contributed by atoms with E-state index in [2.05, 4.69) is 20.1 Å². The molecule has 0 fully saturated rings. The van der Waals surface area contributed by atoms with Crippen LogP contribution in [0.15, 0.2) is 9.32 Å². The molecule has 0 bridgehead atoms. The maximum atomic E-state index is 12.6. The van der Waals surface area contributed by atoms with Gasteiger partial charge in [0.15, 0.2) is 5.82 Å². The van der Waals surface area contributed by atoms with Gasteiger partial charge in [0.25, 0.3) is 5.56 Å². The van der Waals surface area contributed by atoms with Gasteiger partial charge in [0, 0.05) is 13.5 Å². The molecule has 0 saturated heterocycles. The fraction of sp³-hybridized carbons (Fsp3) is 0.500. The number of nitrogens with zero attached hydrogens (tertiary/aromatic N) is 4. The van der Waals surface area contributed by atoms with E-state index in [4.69, 9.17) is 14.0 Å². The summed E-state index contributed by atoms with van der Waals surface area (Å²) in [7, 11) is 3.39. The van der Waals surface area contributed by atoms with Crippen molar-refractivity contribution in [3.8, 4) is 0 Å². The molecule has 0 aliphatic rings. The van der Waals surface area contributed by atoms with E-state index < -0.39 is 5.97 Å². The van der Waals surface area contributed by atoms with Crippen LogP contribution in [0.4, 0.5) is 0 Å². The maximum absolute atomic E-state index is 12.6. The van der Waals surface area contributed by atoms with Crippen LogP contribution in [0.25, 0.3) is 10.2 Å². The molecule has 0 saturated carbocycles. The molecule has 0 aliphatic carbocycles. The first kappa shape index (κ1) is 21.1. The molecule has 10 nitrogen and oxygen atoms in total. The van der Waals surface area contributed by atoms with Gasteiger partial charge in [-0.25, -0.2) is 9.78 Å². The van der Waals surface area contributed by atoms with Gasteiger partial charge in [0.1, 0.15) is 22.1 Å². The minimum absolute atomic E-state index is 0.151. The lowest BCUT2D eigenvalue weighted by Gasteiger charge is -2.13. The molecule has 29 heavy (non-hydrogen) atoms. The Hall–Kier alpha value is -2.63. The molecule has 0 radical (unpaired) electrons. The van der Waals surface area contributed by atoms with Gasteiger partial charge in [0.05, 0.1) is 25.1 Å². The van der Waals surface area contributed by atoms with Crippen LogP contribution in [0, 0.1) is 6.92 Å². The van der Waals surface area contributed by atoms with Crippen LogP contribution in [0.3, 0.4) is 0 Å².